The Morgan fingerprint density at radius 2 is 1.89 bits per heavy atom. The molecule has 1 N–H and O–H groups in total. The number of aromatic nitrogens is 2. The molecule has 1 aliphatic heterocycles. The number of anilines is 1. The van der Waals surface area contributed by atoms with E-state index in [0.717, 1.165) is 34.5 Å². The number of hydrogen-bond donors (Lipinski definition) is 1. The van der Waals surface area contributed by atoms with Gasteiger partial charge in [-0.1, -0.05) is 51.4 Å². The number of fused-ring (bicyclic) bond motifs is 1. The molecule has 4 aromatic rings. The van der Waals surface area contributed by atoms with Crippen LogP contribution in [0.4, 0.5) is 10.2 Å². The molecule has 11 nitrogen and oxygen atoms in total. The Morgan fingerprint density at radius 3 is 2.59 bits per heavy atom. The topological polar surface area (TPSA) is 128 Å². The third kappa shape index (κ3) is 6.45. The molecule has 13 heteroatoms. The van der Waals surface area contributed by atoms with Crippen LogP contribution in [0, 0.1) is 11.7 Å². The molecule has 3 heterocycles. The third-order valence-corrected chi connectivity index (χ3v) is 8.73. The van der Waals surface area contributed by atoms with Crippen LogP contribution in [0.25, 0.3) is 11.0 Å². The highest BCUT2D eigenvalue weighted by Gasteiger charge is 2.34. The monoisotopic (exact) mass is 691 g/mol. The Kier molecular flexibility index (Phi) is 9.02. The number of halogens is 2. The lowest BCUT2D eigenvalue weighted by atomic mass is 10.1. The van der Waals surface area contributed by atoms with E-state index in [9.17, 15) is 14.7 Å². The Hall–Kier alpha value is -4.78. The van der Waals surface area contributed by atoms with Crippen LogP contribution in [-0.4, -0.2) is 66.4 Å². The zero-order valence-electron chi connectivity index (χ0n) is 25.2. The summed E-state index contributed by atoms with van der Waals surface area (Å²) in [6.07, 6.45) is 4.74. The van der Waals surface area contributed by atoms with Gasteiger partial charge in [-0.05, 0) is 36.6 Å². The van der Waals surface area contributed by atoms with E-state index in [4.69, 9.17) is 14.3 Å². The van der Waals surface area contributed by atoms with Crippen molar-refractivity contribution in [1.82, 2.24) is 9.55 Å². The quantitative estimate of drug-likeness (QED) is 0.162. The summed E-state index contributed by atoms with van der Waals surface area (Å²) in [5.74, 6) is -1.12. The van der Waals surface area contributed by atoms with E-state index in [2.05, 4.69) is 31.1 Å². The van der Waals surface area contributed by atoms with Crippen LogP contribution in [-0.2, 0) is 11.4 Å². The summed E-state index contributed by atoms with van der Waals surface area (Å²) in [6.45, 7) is 1.07. The summed E-state index contributed by atoms with van der Waals surface area (Å²) in [4.78, 5) is 41.5. The number of benzene rings is 2. The smallest absolute Gasteiger partial charge is 0.341 e. The number of carbonyl (C=O) groups is 1. The van der Waals surface area contributed by atoms with Crippen molar-refractivity contribution in [1.29, 1.82) is 0 Å². The van der Waals surface area contributed by atoms with Gasteiger partial charge in [0.05, 0.1) is 31.9 Å². The number of rotatable bonds is 11. The van der Waals surface area contributed by atoms with Gasteiger partial charge in [-0.15, -0.1) is 0 Å². The van der Waals surface area contributed by atoms with Gasteiger partial charge in [0, 0.05) is 47.5 Å². The second kappa shape index (κ2) is 13.3. The number of aromatic carboxylic acids is 1. The third-order valence-electron chi connectivity index (χ3n) is 7.99. The van der Waals surface area contributed by atoms with Crippen molar-refractivity contribution >= 4 is 50.7 Å². The number of carboxylic acids is 1. The molecular formula is C33H31BrFN5O6. The molecule has 1 aliphatic carbocycles. The van der Waals surface area contributed by atoms with Crippen LogP contribution in [0.3, 0.4) is 0 Å². The van der Waals surface area contributed by atoms with Crippen LogP contribution in [0.2, 0.25) is 0 Å². The Morgan fingerprint density at radius 1 is 1.15 bits per heavy atom. The van der Waals surface area contributed by atoms with E-state index in [-0.39, 0.29) is 42.0 Å². The lowest BCUT2D eigenvalue weighted by Crippen LogP contribution is -2.25. The molecular weight excluding hydrogens is 661 g/mol. The maximum absolute atomic E-state index is 15.7. The number of carboxylic acid groups (broad SMARTS) is 1. The molecule has 2 aliphatic rings. The van der Waals surface area contributed by atoms with E-state index < -0.39 is 22.8 Å². The fourth-order valence-corrected chi connectivity index (χ4v) is 5.88. The molecule has 0 radical (unpaired) electrons. The van der Waals surface area contributed by atoms with Gasteiger partial charge in [0.15, 0.2) is 23.1 Å². The molecule has 2 aromatic heterocycles. The van der Waals surface area contributed by atoms with E-state index in [1.165, 1.54) is 6.20 Å². The number of ether oxygens (including phenoxy) is 2. The molecule has 2 fully saturated rings. The molecule has 1 atom stereocenters. The predicted molar refractivity (Wildman–Crippen MR) is 175 cm³/mol. The summed E-state index contributed by atoms with van der Waals surface area (Å²) < 4.78 is 28.9. The summed E-state index contributed by atoms with van der Waals surface area (Å²) >= 11 is 3.54. The van der Waals surface area contributed by atoms with Crippen molar-refractivity contribution in [3.8, 4) is 11.5 Å². The first-order valence-corrected chi connectivity index (χ1v) is 15.4. The van der Waals surface area contributed by atoms with Gasteiger partial charge in [-0.25, -0.2) is 14.2 Å². The SMILES string of the molecule is COc1cc(Br)c(CO/N=C2\CN(c3nc4c(cc3F)c(=O)c(C(=O)O)cn4C3CC3)CC2CN=Cc2ccccc2)cc1OC. The largest absolute Gasteiger partial charge is 0.493 e. The molecule has 0 bridgehead atoms. The Labute approximate surface area is 272 Å². The predicted octanol–water partition coefficient (Wildman–Crippen LogP) is 5.48. The first kappa shape index (κ1) is 31.2. The molecule has 6 rings (SSSR count). The highest BCUT2D eigenvalue weighted by atomic mass is 79.9. The first-order valence-electron chi connectivity index (χ1n) is 14.6. The molecule has 0 amide bonds. The molecule has 0 spiro atoms. The van der Waals surface area contributed by atoms with Crippen LogP contribution >= 0.6 is 15.9 Å². The zero-order chi connectivity index (χ0) is 32.4. The number of oxime groups is 1. The fraction of sp³-hybridized carbons (Fsp3) is 0.303. The van der Waals surface area contributed by atoms with Gasteiger partial charge >= 0.3 is 5.97 Å². The molecule has 238 valence electrons. The maximum Gasteiger partial charge on any atom is 0.341 e. The van der Waals surface area contributed by atoms with Crippen molar-refractivity contribution in [2.75, 3.05) is 38.8 Å². The van der Waals surface area contributed by atoms with Crippen LogP contribution in [0.15, 0.2) is 74.1 Å². The number of pyridine rings is 2. The van der Waals surface area contributed by atoms with E-state index in [0.29, 0.717) is 30.3 Å². The van der Waals surface area contributed by atoms with Crippen molar-refractivity contribution in [3.63, 3.8) is 0 Å². The molecule has 1 unspecified atom stereocenters. The zero-order valence-corrected chi connectivity index (χ0v) is 26.7. The summed E-state index contributed by atoms with van der Waals surface area (Å²) in [6, 6.07) is 14.4. The van der Waals surface area contributed by atoms with Gasteiger partial charge in [-0.2, -0.15) is 0 Å². The van der Waals surface area contributed by atoms with Gasteiger partial charge in [-0.3, -0.25) is 9.79 Å². The van der Waals surface area contributed by atoms with E-state index in [1.807, 2.05) is 30.3 Å². The number of hydrogen-bond acceptors (Lipinski definition) is 9. The normalized spacial score (nSPS) is 17.3. The average Bonchev–Trinajstić information content (AvgIpc) is 3.82. The Balaban J connectivity index is 1.31. The van der Waals surface area contributed by atoms with Crippen molar-refractivity contribution < 1.29 is 28.6 Å². The number of aliphatic imine (C=N–C) groups is 1. The van der Waals surface area contributed by atoms with Gasteiger partial charge in [0.1, 0.15) is 17.8 Å². The van der Waals surface area contributed by atoms with Crippen LogP contribution < -0.4 is 19.8 Å². The summed E-state index contributed by atoms with van der Waals surface area (Å²) in [5.41, 5.74) is 1.49. The Bertz CT molecular complexity index is 1910. The summed E-state index contributed by atoms with van der Waals surface area (Å²) in [7, 11) is 3.11. The fourth-order valence-electron chi connectivity index (χ4n) is 5.45. The van der Waals surface area contributed by atoms with E-state index >= 15 is 4.39 Å². The standard InChI is InChI=1S/C33H31BrFN5O6/c1-44-28-10-20(25(34)12-29(28)45-2)18-46-38-27-17-39(15-21(27)14-36-13-19-6-4-3-5-7-19)32-26(35)11-23-30(41)24(33(42)43)16-40(22-8-9-22)31(23)37-32/h3-7,10-13,16,21-22H,8-9,14-15,17-18H2,1-2H3,(H,42,43)/b36-13?,38-27+. The average molecular weight is 693 g/mol. The molecule has 1 saturated heterocycles. The van der Waals surface area contributed by atoms with E-state index in [1.54, 1.807) is 42.0 Å². The van der Waals surface area contributed by atoms with Gasteiger partial charge < -0.3 is 28.9 Å². The van der Waals surface area contributed by atoms with Crippen molar-refractivity contribution in [2.24, 2.45) is 16.1 Å². The molecule has 46 heavy (non-hydrogen) atoms. The van der Waals surface area contributed by atoms with Crippen LogP contribution in [0.1, 0.15) is 40.4 Å². The number of methoxy groups -OCH3 is 2. The lowest BCUT2D eigenvalue weighted by Gasteiger charge is -2.19. The second-order valence-corrected chi connectivity index (χ2v) is 12.0. The maximum atomic E-state index is 15.7. The molecule has 2 aromatic carbocycles. The first-order chi connectivity index (χ1) is 22.3. The second-order valence-electron chi connectivity index (χ2n) is 11.1. The molecule has 1 saturated carbocycles. The minimum Gasteiger partial charge on any atom is -0.493 e. The number of nitrogens with zero attached hydrogens (tertiary/aromatic N) is 5. The lowest BCUT2D eigenvalue weighted by molar-refractivity contribution is 0.0694. The summed E-state index contributed by atoms with van der Waals surface area (Å²) in [5, 5.41) is 14.0. The van der Waals surface area contributed by atoms with Crippen molar-refractivity contribution in [2.45, 2.75) is 25.5 Å². The highest BCUT2D eigenvalue weighted by molar-refractivity contribution is 9.10. The minimum absolute atomic E-state index is 0.00656. The van der Waals surface area contributed by atoms with Gasteiger partial charge in [0.25, 0.3) is 0 Å². The van der Waals surface area contributed by atoms with Crippen LogP contribution in [0.5, 0.6) is 11.5 Å². The highest BCUT2D eigenvalue weighted by Crippen LogP contribution is 2.38. The minimum atomic E-state index is -1.36. The van der Waals surface area contributed by atoms with Crippen molar-refractivity contribution in [3.05, 3.63) is 91.9 Å². The van der Waals surface area contributed by atoms with Gasteiger partial charge in [0.2, 0.25) is 5.43 Å².